The predicted molar refractivity (Wildman–Crippen MR) is 228 cm³/mol. The van der Waals surface area contributed by atoms with Crippen molar-refractivity contribution in [3.05, 3.63) is 83.8 Å². The van der Waals surface area contributed by atoms with Gasteiger partial charge in [0.1, 0.15) is 11.7 Å². The van der Waals surface area contributed by atoms with Crippen LogP contribution in [0.25, 0.3) is 22.3 Å². The third-order valence-corrected chi connectivity index (χ3v) is 14.2. The Labute approximate surface area is 356 Å². The summed E-state index contributed by atoms with van der Waals surface area (Å²) in [6.07, 6.45) is 6.34. The molecule has 3 saturated heterocycles. The van der Waals surface area contributed by atoms with Gasteiger partial charge < -0.3 is 20.5 Å². The number of fused-ring (bicyclic) bond motifs is 2. The first-order valence-electron chi connectivity index (χ1n) is 20.7. The summed E-state index contributed by atoms with van der Waals surface area (Å²) in [7, 11) is -3.28. The van der Waals surface area contributed by atoms with Gasteiger partial charge in [0.2, 0.25) is 27.8 Å². The number of piperidine rings is 1. The molecule has 0 aliphatic carbocycles. The first-order valence-corrected chi connectivity index (χ1v) is 22.3. The molecule has 62 heavy (non-hydrogen) atoms. The number of nitrogens with zero attached hydrogens (tertiary/aromatic N) is 8. The Morgan fingerprint density at radius 1 is 0.935 bits per heavy atom. The van der Waals surface area contributed by atoms with Crippen molar-refractivity contribution in [2.24, 2.45) is 0 Å². The van der Waals surface area contributed by atoms with E-state index in [1.165, 1.54) is 4.31 Å². The summed E-state index contributed by atoms with van der Waals surface area (Å²) in [5.41, 5.74) is 4.15. The van der Waals surface area contributed by atoms with E-state index in [0.717, 1.165) is 41.0 Å². The second kappa shape index (κ2) is 16.1. The number of rotatable bonds is 13. The highest BCUT2D eigenvalue weighted by Crippen LogP contribution is 2.37. The van der Waals surface area contributed by atoms with Crippen LogP contribution < -0.4 is 20.9 Å². The highest BCUT2D eigenvalue weighted by atomic mass is 32.2. The average molecular weight is 863 g/mol. The van der Waals surface area contributed by atoms with Crippen LogP contribution in [0.3, 0.4) is 0 Å². The molecule has 0 bridgehead atoms. The first kappa shape index (κ1) is 40.9. The lowest BCUT2D eigenvalue weighted by Gasteiger charge is -2.48. The number of hydrogen-bond donors (Lipinski definition) is 4. The topological polar surface area (TPSA) is 228 Å². The van der Waals surface area contributed by atoms with Crippen molar-refractivity contribution in [3.8, 4) is 11.3 Å². The van der Waals surface area contributed by atoms with Gasteiger partial charge in [0.25, 0.3) is 17.7 Å². The van der Waals surface area contributed by atoms with Crippen molar-refractivity contribution in [2.45, 2.75) is 44.7 Å². The van der Waals surface area contributed by atoms with E-state index in [-0.39, 0.29) is 35.6 Å². The molecule has 0 spiro atoms. The monoisotopic (exact) mass is 862 g/mol. The van der Waals surface area contributed by atoms with E-state index < -0.39 is 45.2 Å². The summed E-state index contributed by atoms with van der Waals surface area (Å²) in [4.78, 5) is 81.6. The van der Waals surface area contributed by atoms with Gasteiger partial charge in [0.05, 0.1) is 34.3 Å². The number of nitrogens with one attached hydrogen (secondary N) is 4. The molecule has 4 aliphatic heterocycles. The fraction of sp³-hybridized carbons (Fsp3) is 0.381. The van der Waals surface area contributed by atoms with Crippen LogP contribution in [0.4, 0.5) is 17.3 Å². The first-order chi connectivity index (χ1) is 29.9. The van der Waals surface area contributed by atoms with Crippen LogP contribution in [0, 0.1) is 0 Å². The summed E-state index contributed by atoms with van der Waals surface area (Å²) in [6.45, 7) is 8.34. The highest BCUT2D eigenvalue weighted by Gasteiger charge is 2.49. The summed E-state index contributed by atoms with van der Waals surface area (Å²) in [6, 6.07) is 13.1. The fourth-order valence-electron chi connectivity index (χ4n) is 8.59. The minimum atomic E-state index is -3.28. The number of aromatic nitrogens is 5. The summed E-state index contributed by atoms with van der Waals surface area (Å²) in [5.74, 6) is -1.89. The van der Waals surface area contributed by atoms with Crippen LogP contribution in [-0.2, 0) is 25.2 Å². The molecule has 9 rings (SSSR count). The lowest BCUT2D eigenvalue weighted by Crippen LogP contribution is -2.64. The molecule has 1 unspecified atom stereocenters. The maximum absolute atomic E-state index is 13.3. The zero-order valence-electron chi connectivity index (χ0n) is 34.3. The van der Waals surface area contributed by atoms with Gasteiger partial charge in [-0.1, -0.05) is 6.92 Å². The second-order valence-electron chi connectivity index (χ2n) is 16.0. The van der Waals surface area contributed by atoms with Crippen LogP contribution in [0.2, 0.25) is 0 Å². The van der Waals surface area contributed by atoms with Gasteiger partial charge in [0, 0.05) is 99.1 Å². The lowest BCUT2D eigenvalue weighted by atomic mass is 9.89. The van der Waals surface area contributed by atoms with Gasteiger partial charge in [-0.25, -0.2) is 13.4 Å². The van der Waals surface area contributed by atoms with E-state index >= 15 is 0 Å². The number of anilines is 3. The van der Waals surface area contributed by atoms with Gasteiger partial charge in [-0.3, -0.25) is 43.8 Å². The Balaban J connectivity index is 0.768. The van der Waals surface area contributed by atoms with Gasteiger partial charge >= 0.3 is 0 Å². The molecule has 7 heterocycles. The smallest absolute Gasteiger partial charge is 0.262 e. The van der Waals surface area contributed by atoms with Crippen LogP contribution in [-0.4, -0.2) is 141 Å². The molecular formula is C42H46N12O7S. The zero-order chi connectivity index (χ0) is 43.3. The Hall–Kier alpha value is -6.51. The molecule has 322 valence electrons. The molecule has 2 aromatic carbocycles. The summed E-state index contributed by atoms with van der Waals surface area (Å²) >= 11 is 0. The molecule has 3 fully saturated rings. The number of sulfonamides is 1. The maximum Gasteiger partial charge on any atom is 0.262 e. The number of aromatic amines is 1. The third kappa shape index (κ3) is 7.47. The van der Waals surface area contributed by atoms with Crippen molar-refractivity contribution in [1.29, 1.82) is 0 Å². The Bertz CT molecular complexity index is 2720. The van der Waals surface area contributed by atoms with E-state index in [4.69, 9.17) is 4.98 Å². The van der Waals surface area contributed by atoms with Gasteiger partial charge in [-0.15, -0.1) is 0 Å². The lowest BCUT2D eigenvalue weighted by molar-refractivity contribution is -0.136. The number of carbonyl (C=O) groups is 5. The predicted octanol–water partition coefficient (Wildman–Crippen LogP) is 2.29. The molecule has 5 amide bonds. The molecule has 19 nitrogen and oxygen atoms in total. The van der Waals surface area contributed by atoms with Crippen LogP contribution in [0.1, 0.15) is 64.2 Å². The Morgan fingerprint density at radius 3 is 2.42 bits per heavy atom. The fourth-order valence-corrected chi connectivity index (χ4v) is 9.83. The van der Waals surface area contributed by atoms with Crippen molar-refractivity contribution >= 4 is 67.9 Å². The molecule has 3 aromatic heterocycles. The standard InChI is InChI=1S/C42H46N12O7S/c1-3-42(24-52(25-42)62(60,61)4-2)53-23-27(22-45-53)35-31-13-14-43-36(31)49-41(48-35)46-28-7-5-26(6-8-28)37(56)44-15-16-50-17-19-51(20-18-50)29-9-10-30-32(21-29)40(59)54(39(30)58)33-11-12-34(55)47-38(33)57/h5-10,13-14,21-23,33H,3-4,11-12,15-20,24-25H2,1-2H3,(H,44,56)(H,47,55,57)(H2,43,46,48,49). The molecule has 4 aliphatic rings. The van der Waals surface area contributed by atoms with Crippen LogP contribution in [0.5, 0.6) is 0 Å². The van der Waals surface area contributed by atoms with Crippen molar-refractivity contribution in [2.75, 3.05) is 68.3 Å². The van der Waals surface area contributed by atoms with Gasteiger partial charge in [0.15, 0.2) is 0 Å². The Kier molecular flexibility index (Phi) is 10.6. The minimum Gasteiger partial charge on any atom is -0.369 e. The molecule has 1 atom stereocenters. The molecule has 0 saturated carbocycles. The number of imide groups is 2. The number of hydrogen-bond acceptors (Lipinski definition) is 13. The quantitative estimate of drug-likeness (QED) is 0.125. The molecule has 5 aromatic rings. The normalized spacial score (nSPS) is 19.4. The molecule has 4 N–H and O–H groups in total. The zero-order valence-corrected chi connectivity index (χ0v) is 35.1. The van der Waals surface area contributed by atoms with Crippen molar-refractivity contribution < 1.29 is 32.4 Å². The summed E-state index contributed by atoms with van der Waals surface area (Å²) in [5, 5.41) is 13.9. The van der Waals surface area contributed by atoms with E-state index in [9.17, 15) is 32.4 Å². The van der Waals surface area contributed by atoms with Gasteiger partial charge in [-0.2, -0.15) is 14.4 Å². The molecule has 20 heteroatoms. The van der Waals surface area contributed by atoms with E-state index in [0.29, 0.717) is 67.8 Å². The number of amides is 5. The SMILES string of the molecule is CCC1(n2cc(-c3nc(Nc4ccc(C(=O)NCCN5CCN(c6ccc7c(c6)C(=O)N(C6CCC(=O)NC6=O)C7=O)CC5)cc4)nc4[nH]ccc34)cn2)CN(S(=O)(=O)CC)C1. The van der Waals surface area contributed by atoms with Crippen LogP contribution in [0.15, 0.2) is 67.1 Å². The average Bonchev–Trinajstić information content (AvgIpc) is 4.00. The minimum absolute atomic E-state index is 0.0627. The number of H-pyrrole nitrogens is 1. The third-order valence-electron chi connectivity index (χ3n) is 12.4. The largest absolute Gasteiger partial charge is 0.369 e. The van der Waals surface area contributed by atoms with Gasteiger partial charge in [-0.05, 0) is 68.3 Å². The van der Waals surface area contributed by atoms with E-state index in [1.807, 2.05) is 29.9 Å². The number of benzene rings is 2. The van der Waals surface area contributed by atoms with Crippen LogP contribution >= 0.6 is 0 Å². The second-order valence-corrected chi connectivity index (χ2v) is 18.3. The molecular weight excluding hydrogens is 817 g/mol. The highest BCUT2D eigenvalue weighted by molar-refractivity contribution is 7.89. The molecule has 0 radical (unpaired) electrons. The Morgan fingerprint density at radius 2 is 1.69 bits per heavy atom. The van der Waals surface area contributed by atoms with Crippen molar-refractivity contribution in [3.63, 3.8) is 0 Å². The van der Waals surface area contributed by atoms with Crippen molar-refractivity contribution in [1.82, 2.24) is 49.5 Å². The van der Waals surface area contributed by atoms with E-state index in [1.54, 1.807) is 55.7 Å². The van der Waals surface area contributed by atoms with E-state index in [2.05, 4.69) is 40.8 Å². The number of carbonyl (C=O) groups excluding carboxylic acids is 5. The maximum atomic E-state index is 13.3. The number of piperazine rings is 1. The summed E-state index contributed by atoms with van der Waals surface area (Å²) < 4.78 is 28.2.